The Morgan fingerprint density at radius 1 is 1.10 bits per heavy atom. The van der Waals surface area contributed by atoms with Gasteiger partial charge in [0.1, 0.15) is 11.2 Å². The SMILES string of the molecule is Cc1noc2c(-c3cn[nH]c3)cc(-c3ccccc3)nc12. The molecule has 0 fully saturated rings. The van der Waals surface area contributed by atoms with E-state index in [1.807, 2.05) is 49.5 Å². The third-order valence-electron chi connectivity index (χ3n) is 3.47. The van der Waals surface area contributed by atoms with Crippen LogP contribution in [0.25, 0.3) is 33.5 Å². The van der Waals surface area contributed by atoms with Gasteiger partial charge in [0.25, 0.3) is 0 Å². The van der Waals surface area contributed by atoms with Gasteiger partial charge in [-0.25, -0.2) is 4.98 Å². The molecule has 0 aliphatic carbocycles. The zero-order valence-corrected chi connectivity index (χ0v) is 11.4. The number of aromatic amines is 1. The lowest BCUT2D eigenvalue weighted by Crippen LogP contribution is -1.88. The van der Waals surface area contributed by atoms with Gasteiger partial charge in [-0.3, -0.25) is 5.10 Å². The van der Waals surface area contributed by atoms with Crippen molar-refractivity contribution in [3.8, 4) is 22.4 Å². The Kier molecular flexibility index (Phi) is 2.57. The highest BCUT2D eigenvalue weighted by Crippen LogP contribution is 2.32. The molecule has 0 spiro atoms. The molecule has 1 aromatic carbocycles. The summed E-state index contributed by atoms with van der Waals surface area (Å²) in [5.41, 5.74) is 6.10. The van der Waals surface area contributed by atoms with Gasteiger partial charge in [0.05, 0.1) is 11.9 Å². The van der Waals surface area contributed by atoms with E-state index in [1.165, 1.54) is 0 Å². The van der Waals surface area contributed by atoms with Crippen molar-refractivity contribution in [3.05, 3.63) is 54.5 Å². The number of benzene rings is 1. The molecule has 0 amide bonds. The van der Waals surface area contributed by atoms with E-state index in [9.17, 15) is 0 Å². The maximum absolute atomic E-state index is 5.44. The van der Waals surface area contributed by atoms with Crippen LogP contribution < -0.4 is 0 Å². The normalized spacial score (nSPS) is 11.1. The molecule has 0 saturated heterocycles. The molecule has 5 nitrogen and oxygen atoms in total. The van der Waals surface area contributed by atoms with Crippen LogP contribution in [0.15, 0.2) is 53.3 Å². The fraction of sp³-hybridized carbons (Fsp3) is 0.0625. The zero-order valence-electron chi connectivity index (χ0n) is 11.4. The number of hydrogen-bond donors (Lipinski definition) is 1. The van der Waals surface area contributed by atoms with Gasteiger partial charge in [-0.2, -0.15) is 5.10 Å². The first-order chi connectivity index (χ1) is 10.3. The molecule has 0 saturated carbocycles. The molecule has 4 aromatic rings. The Morgan fingerprint density at radius 2 is 1.95 bits per heavy atom. The molecule has 3 aromatic heterocycles. The van der Waals surface area contributed by atoms with E-state index in [1.54, 1.807) is 6.20 Å². The second-order valence-electron chi connectivity index (χ2n) is 4.85. The van der Waals surface area contributed by atoms with Gasteiger partial charge < -0.3 is 4.52 Å². The first kappa shape index (κ1) is 11.8. The summed E-state index contributed by atoms with van der Waals surface area (Å²) >= 11 is 0. The van der Waals surface area contributed by atoms with Crippen LogP contribution in [-0.2, 0) is 0 Å². The van der Waals surface area contributed by atoms with Crippen molar-refractivity contribution in [2.75, 3.05) is 0 Å². The first-order valence-electron chi connectivity index (χ1n) is 6.64. The average Bonchev–Trinajstić information content (AvgIpc) is 3.18. The van der Waals surface area contributed by atoms with Crippen LogP contribution in [0.3, 0.4) is 0 Å². The molecular weight excluding hydrogens is 264 g/mol. The van der Waals surface area contributed by atoms with Crippen LogP contribution in [0, 0.1) is 6.92 Å². The highest BCUT2D eigenvalue weighted by molar-refractivity contribution is 5.93. The minimum absolute atomic E-state index is 0.689. The lowest BCUT2D eigenvalue weighted by atomic mass is 10.0. The number of rotatable bonds is 2. The van der Waals surface area contributed by atoms with Crippen molar-refractivity contribution in [1.82, 2.24) is 20.3 Å². The van der Waals surface area contributed by atoms with E-state index in [0.717, 1.165) is 33.6 Å². The molecule has 0 bridgehead atoms. The number of nitrogens with one attached hydrogen (secondary N) is 1. The molecule has 0 aliphatic heterocycles. The average molecular weight is 276 g/mol. The Labute approximate surface area is 120 Å². The first-order valence-corrected chi connectivity index (χ1v) is 6.64. The molecule has 102 valence electrons. The molecule has 0 unspecified atom stereocenters. The van der Waals surface area contributed by atoms with Gasteiger partial charge >= 0.3 is 0 Å². The van der Waals surface area contributed by atoms with Crippen molar-refractivity contribution < 1.29 is 4.52 Å². The zero-order chi connectivity index (χ0) is 14.2. The van der Waals surface area contributed by atoms with Gasteiger partial charge in [-0.15, -0.1) is 0 Å². The molecule has 0 aliphatic rings. The molecule has 0 radical (unpaired) electrons. The summed E-state index contributed by atoms with van der Waals surface area (Å²) < 4.78 is 5.44. The molecule has 0 atom stereocenters. The highest BCUT2D eigenvalue weighted by atomic mass is 16.5. The maximum Gasteiger partial charge on any atom is 0.193 e. The maximum atomic E-state index is 5.44. The summed E-state index contributed by atoms with van der Waals surface area (Å²) in [6, 6.07) is 12.1. The summed E-state index contributed by atoms with van der Waals surface area (Å²) in [5.74, 6) is 0. The van der Waals surface area contributed by atoms with Crippen molar-refractivity contribution in [2.24, 2.45) is 0 Å². The lowest BCUT2D eigenvalue weighted by molar-refractivity contribution is 0.451. The van der Waals surface area contributed by atoms with Crippen LogP contribution in [0.4, 0.5) is 0 Å². The molecular formula is C16H12N4O. The molecule has 21 heavy (non-hydrogen) atoms. The second kappa shape index (κ2) is 4.56. The van der Waals surface area contributed by atoms with Gasteiger partial charge in [0.2, 0.25) is 0 Å². The third-order valence-corrected chi connectivity index (χ3v) is 3.47. The number of fused-ring (bicyclic) bond motifs is 1. The second-order valence-corrected chi connectivity index (χ2v) is 4.85. The Balaban J connectivity index is 2.04. The monoisotopic (exact) mass is 276 g/mol. The number of aryl methyl sites for hydroxylation is 1. The Hall–Kier alpha value is -2.95. The largest absolute Gasteiger partial charge is 0.354 e. The predicted molar refractivity (Wildman–Crippen MR) is 79.6 cm³/mol. The number of H-pyrrole nitrogens is 1. The van der Waals surface area contributed by atoms with Crippen LogP contribution >= 0.6 is 0 Å². The van der Waals surface area contributed by atoms with Crippen LogP contribution in [0.2, 0.25) is 0 Å². The quantitative estimate of drug-likeness (QED) is 0.607. The van der Waals surface area contributed by atoms with E-state index in [0.29, 0.717) is 5.58 Å². The number of pyridine rings is 1. The predicted octanol–water partition coefficient (Wildman–Crippen LogP) is 3.59. The van der Waals surface area contributed by atoms with Gasteiger partial charge in [0.15, 0.2) is 5.58 Å². The summed E-state index contributed by atoms with van der Waals surface area (Å²) in [5, 5.41) is 10.9. The third kappa shape index (κ3) is 1.90. The van der Waals surface area contributed by atoms with E-state index < -0.39 is 0 Å². The summed E-state index contributed by atoms with van der Waals surface area (Å²) in [4.78, 5) is 4.69. The van der Waals surface area contributed by atoms with Gasteiger partial charge in [0, 0.05) is 22.9 Å². The van der Waals surface area contributed by atoms with Crippen molar-refractivity contribution in [1.29, 1.82) is 0 Å². The van der Waals surface area contributed by atoms with Crippen molar-refractivity contribution >= 4 is 11.1 Å². The number of hydrogen-bond acceptors (Lipinski definition) is 4. The summed E-state index contributed by atoms with van der Waals surface area (Å²) in [7, 11) is 0. The Morgan fingerprint density at radius 3 is 2.71 bits per heavy atom. The van der Waals surface area contributed by atoms with Crippen LogP contribution in [0.5, 0.6) is 0 Å². The van der Waals surface area contributed by atoms with Crippen molar-refractivity contribution in [3.63, 3.8) is 0 Å². The highest BCUT2D eigenvalue weighted by Gasteiger charge is 2.16. The number of nitrogens with zero attached hydrogens (tertiary/aromatic N) is 3. The van der Waals surface area contributed by atoms with E-state index in [4.69, 9.17) is 4.52 Å². The molecule has 1 N–H and O–H groups in total. The van der Waals surface area contributed by atoms with E-state index in [2.05, 4.69) is 20.3 Å². The van der Waals surface area contributed by atoms with Crippen LogP contribution in [-0.4, -0.2) is 20.3 Å². The fourth-order valence-corrected chi connectivity index (χ4v) is 2.40. The van der Waals surface area contributed by atoms with E-state index >= 15 is 0 Å². The number of aromatic nitrogens is 4. The van der Waals surface area contributed by atoms with E-state index in [-0.39, 0.29) is 0 Å². The minimum Gasteiger partial charge on any atom is -0.354 e. The molecule has 4 rings (SSSR count). The standard InChI is InChI=1S/C16H12N4O/c1-10-15-16(21-20-10)13(12-8-17-18-9-12)7-14(19-15)11-5-3-2-4-6-11/h2-9H,1H3,(H,17,18). The fourth-order valence-electron chi connectivity index (χ4n) is 2.40. The van der Waals surface area contributed by atoms with Crippen LogP contribution in [0.1, 0.15) is 5.69 Å². The molecule has 3 heterocycles. The minimum atomic E-state index is 0.689. The summed E-state index contributed by atoms with van der Waals surface area (Å²) in [6.07, 6.45) is 3.60. The lowest BCUT2D eigenvalue weighted by Gasteiger charge is -2.04. The smallest absolute Gasteiger partial charge is 0.193 e. The Bertz CT molecular complexity index is 895. The van der Waals surface area contributed by atoms with Gasteiger partial charge in [-0.1, -0.05) is 35.5 Å². The van der Waals surface area contributed by atoms with Crippen molar-refractivity contribution in [2.45, 2.75) is 6.92 Å². The van der Waals surface area contributed by atoms with Gasteiger partial charge in [-0.05, 0) is 13.0 Å². The summed E-state index contributed by atoms with van der Waals surface area (Å²) in [6.45, 7) is 1.90. The topological polar surface area (TPSA) is 67.6 Å². The molecule has 5 heteroatoms.